The summed E-state index contributed by atoms with van der Waals surface area (Å²) in [5.41, 5.74) is -0.769. The Hall–Kier alpha value is -1.95. The highest BCUT2D eigenvalue weighted by Gasteiger charge is 2.43. The number of sulfonamides is 1. The van der Waals surface area contributed by atoms with Gasteiger partial charge in [-0.25, -0.2) is 13.2 Å². The van der Waals surface area contributed by atoms with Gasteiger partial charge in [0.1, 0.15) is 23.7 Å². The molecule has 0 radical (unpaired) electrons. The first kappa shape index (κ1) is 33.1. The van der Waals surface area contributed by atoms with Crippen LogP contribution >= 0.6 is 0 Å². The third-order valence-corrected chi connectivity index (χ3v) is 12.5. The van der Waals surface area contributed by atoms with Crippen molar-refractivity contribution in [1.82, 2.24) is 9.62 Å². The molecule has 0 aliphatic rings. The van der Waals surface area contributed by atoms with Crippen LogP contribution in [0.4, 0.5) is 4.79 Å². The minimum atomic E-state index is -3.95. The molecule has 1 aromatic carbocycles. The number of hydrogen-bond acceptors (Lipinski definition) is 7. The van der Waals surface area contributed by atoms with E-state index in [1.54, 1.807) is 32.9 Å². The van der Waals surface area contributed by atoms with E-state index in [9.17, 15) is 18.0 Å². The molecule has 212 valence electrons. The quantitative estimate of drug-likeness (QED) is 0.289. The molecule has 0 aliphatic heterocycles. The lowest BCUT2D eigenvalue weighted by molar-refractivity contribution is -0.112. The van der Waals surface area contributed by atoms with Gasteiger partial charge in [0.2, 0.25) is 10.0 Å². The number of nitrogens with zero attached hydrogens (tertiary/aromatic N) is 1. The number of methoxy groups -OCH3 is 1. The highest BCUT2D eigenvalue weighted by atomic mass is 32.2. The third-order valence-electron chi connectivity index (χ3n) is 6.13. The van der Waals surface area contributed by atoms with Crippen LogP contribution < -0.4 is 10.1 Å². The fourth-order valence-electron chi connectivity index (χ4n) is 3.21. The number of nitrogens with one attached hydrogen (secondary N) is 1. The zero-order chi connectivity index (χ0) is 28.8. The van der Waals surface area contributed by atoms with Crippen molar-refractivity contribution < 1.29 is 31.9 Å². The SMILES string of the molecule is COc1ccc(S(=O)(=O)N(CC(C)C)C[C@H](O[Si](C)(C)C(C)(C)C)[C@H](C=O)NC(=O)OC(C)(C)C)cc1. The van der Waals surface area contributed by atoms with Crippen LogP contribution in [0.2, 0.25) is 18.1 Å². The van der Waals surface area contributed by atoms with Crippen LogP contribution in [0.15, 0.2) is 29.2 Å². The van der Waals surface area contributed by atoms with Crippen molar-refractivity contribution >= 4 is 30.7 Å². The third kappa shape index (κ3) is 10.0. The molecule has 37 heavy (non-hydrogen) atoms. The van der Waals surface area contributed by atoms with Crippen LogP contribution in [0.5, 0.6) is 5.75 Å². The molecule has 0 unspecified atom stereocenters. The molecule has 1 N–H and O–H groups in total. The van der Waals surface area contributed by atoms with Crippen LogP contribution in [0.1, 0.15) is 55.4 Å². The molecule has 1 aromatic rings. The van der Waals surface area contributed by atoms with Gasteiger partial charge in [0, 0.05) is 13.1 Å². The average Bonchev–Trinajstić information content (AvgIpc) is 2.74. The maximum atomic E-state index is 13.7. The minimum Gasteiger partial charge on any atom is -0.497 e. The Morgan fingerprint density at radius 1 is 1.05 bits per heavy atom. The van der Waals surface area contributed by atoms with E-state index in [-0.39, 0.29) is 28.9 Å². The highest BCUT2D eigenvalue weighted by molar-refractivity contribution is 7.89. The van der Waals surface area contributed by atoms with E-state index in [2.05, 4.69) is 5.32 Å². The predicted octanol–water partition coefficient (Wildman–Crippen LogP) is 4.82. The number of alkyl carbamates (subject to hydrolysis) is 1. The Bertz CT molecular complexity index is 997. The van der Waals surface area contributed by atoms with Gasteiger partial charge in [0.15, 0.2) is 8.32 Å². The van der Waals surface area contributed by atoms with Crippen molar-refractivity contribution in [3.05, 3.63) is 24.3 Å². The number of benzene rings is 1. The summed E-state index contributed by atoms with van der Waals surface area (Å²) in [5.74, 6) is 0.533. The van der Waals surface area contributed by atoms with Gasteiger partial charge in [0.25, 0.3) is 0 Å². The second kappa shape index (κ2) is 12.7. The molecule has 9 nitrogen and oxygen atoms in total. The molecule has 0 saturated carbocycles. The second-order valence-corrected chi connectivity index (χ2v) is 18.8. The van der Waals surface area contributed by atoms with Gasteiger partial charge in [-0.1, -0.05) is 34.6 Å². The van der Waals surface area contributed by atoms with Crippen molar-refractivity contribution in [2.24, 2.45) is 5.92 Å². The molecule has 1 amide bonds. The normalized spacial score (nSPS) is 14.8. The van der Waals surface area contributed by atoms with Crippen molar-refractivity contribution in [3.63, 3.8) is 0 Å². The Morgan fingerprint density at radius 2 is 1.59 bits per heavy atom. The van der Waals surface area contributed by atoms with E-state index in [0.29, 0.717) is 12.0 Å². The van der Waals surface area contributed by atoms with E-state index in [4.69, 9.17) is 13.9 Å². The van der Waals surface area contributed by atoms with Crippen molar-refractivity contribution in [2.45, 2.75) is 96.2 Å². The Balaban J connectivity index is 3.49. The fraction of sp³-hybridized carbons (Fsp3) is 0.692. The number of rotatable bonds is 12. The van der Waals surface area contributed by atoms with Crippen molar-refractivity contribution in [3.8, 4) is 5.75 Å². The van der Waals surface area contributed by atoms with Crippen LogP contribution in [0.25, 0.3) is 0 Å². The van der Waals surface area contributed by atoms with Gasteiger partial charge in [-0.05, 0) is 69.1 Å². The summed E-state index contributed by atoms with van der Waals surface area (Å²) in [6.45, 7) is 19.2. The van der Waals surface area contributed by atoms with E-state index in [1.165, 1.54) is 23.5 Å². The molecule has 0 bridgehead atoms. The zero-order valence-corrected chi connectivity index (χ0v) is 26.1. The highest BCUT2D eigenvalue weighted by Crippen LogP contribution is 2.38. The van der Waals surface area contributed by atoms with Gasteiger partial charge in [-0.3, -0.25) is 0 Å². The number of hydrogen-bond donors (Lipinski definition) is 1. The van der Waals surface area contributed by atoms with Gasteiger partial charge in [0.05, 0.1) is 18.1 Å². The molecule has 0 saturated heterocycles. The number of ether oxygens (including phenoxy) is 2. The van der Waals surface area contributed by atoms with Gasteiger partial charge < -0.3 is 24.0 Å². The first-order valence-corrected chi connectivity index (χ1v) is 16.8. The molecule has 11 heteroatoms. The van der Waals surface area contributed by atoms with Crippen LogP contribution in [-0.2, 0) is 24.0 Å². The number of amides is 1. The van der Waals surface area contributed by atoms with Crippen LogP contribution in [-0.4, -0.2) is 71.4 Å². The van der Waals surface area contributed by atoms with Crippen LogP contribution in [0.3, 0.4) is 0 Å². The molecule has 2 atom stereocenters. The minimum absolute atomic E-state index is 0.00459. The topological polar surface area (TPSA) is 111 Å². The monoisotopic (exact) mass is 558 g/mol. The standard InChI is InChI=1S/C26H46N2O7SSi/c1-19(2)16-28(36(31,32)21-14-12-20(33-9)13-15-21)17-23(35-37(10,11)26(6,7)8)22(18-29)27-24(30)34-25(3,4)5/h12-15,18-19,22-23H,16-17H2,1-11H3,(H,27,30)/t22-,23-/m0/s1. The van der Waals surface area contributed by atoms with Crippen molar-refractivity contribution in [1.29, 1.82) is 0 Å². The van der Waals surface area contributed by atoms with Crippen molar-refractivity contribution in [2.75, 3.05) is 20.2 Å². The summed E-state index contributed by atoms with van der Waals surface area (Å²) in [7, 11) is -4.94. The second-order valence-electron chi connectivity index (χ2n) is 12.1. The summed E-state index contributed by atoms with van der Waals surface area (Å²) in [4.78, 5) is 24.9. The fourth-order valence-corrected chi connectivity index (χ4v) is 6.16. The lowest BCUT2D eigenvalue weighted by Crippen LogP contribution is -2.57. The Morgan fingerprint density at radius 3 is 2.00 bits per heavy atom. The summed E-state index contributed by atoms with van der Waals surface area (Å²) >= 11 is 0. The number of carbonyl (C=O) groups excluding carboxylic acids is 2. The van der Waals surface area contributed by atoms with E-state index in [0.717, 1.165) is 0 Å². The molecule has 1 rings (SSSR count). The van der Waals surface area contributed by atoms with Gasteiger partial charge >= 0.3 is 6.09 Å². The molecule has 0 spiro atoms. The maximum absolute atomic E-state index is 13.7. The Kier molecular flexibility index (Phi) is 11.4. The molecule has 0 aliphatic carbocycles. The molecule has 0 fully saturated rings. The lowest BCUT2D eigenvalue weighted by Gasteiger charge is -2.42. The molecular formula is C26H46N2O7SSi. The summed E-state index contributed by atoms with van der Waals surface area (Å²) in [5, 5.41) is 2.37. The van der Waals surface area contributed by atoms with Gasteiger partial charge in [-0.2, -0.15) is 4.31 Å². The largest absolute Gasteiger partial charge is 0.497 e. The number of carbonyl (C=O) groups is 2. The average molecular weight is 559 g/mol. The van der Waals surface area contributed by atoms with E-state index >= 15 is 0 Å². The van der Waals surface area contributed by atoms with E-state index in [1.807, 2.05) is 47.7 Å². The summed E-state index contributed by atoms with van der Waals surface area (Å²) < 4.78 is 45.9. The first-order valence-electron chi connectivity index (χ1n) is 12.5. The Labute approximate surface area is 224 Å². The first-order chi connectivity index (χ1) is 16.7. The molecule has 0 heterocycles. The van der Waals surface area contributed by atoms with Gasteiger partial charge in [-0.15, -0.1) is 0 Å². The van der Waals surface area contributed by atoms with Crippen LogP contribution in [0, 0.1) is 5.92 Å². The number of aldehydes is 1. The summed E-state index contributed by atoms with van der Waals surface area (Å²) in [6.07, 6.45) is -1.13. The zero-order valence-electron chi connectivity index (χ0n) is 24.2. The lowest BCUT2D eigenvalue weighted by atomic mass is 10.1. The molecular weight excluding hydrogens is 512 g/mol. The summed E-state index contributed by atoms with van der Waals surface area (Å²) in [6, 6.07) is 5.03. The maximum Gasteiger partial charge on any atom is 0.408 e. The van der Waals surface area contributed by atoms with E-state index < -0.39 is 42.2 Å². The molecule has 0 aromatic heterocycles. The smallest absolute Gasteiger partial charge is 0.408 e. The predicted molar refractivity (Wildman–Crippen MR) is 148 cm³/mol.